The third kappa shape index (κ3) is 6.75. The van der Waals surface area contributed by atoms with Crippen molar-refractivity contribution < 1.29 is 19.0 Å². The summed E-state index contributed by atoms with van der Waals surface area (Å²) in [6, 6.07) is 18.5. The quantitative estimate of drug-likeness (QED) is 0.363. The van der Waals surface area contributed by atoms with E-state index in [4.69, 9.17) is 25.8 Å². The fourth-order valence-electron chi connectivity index (χ4n) is 2.79. The van der Waals surface area contributed by atoms with Crippen LogP contribution in [-0.4, -0.2) is 25.8 Å². The Hall–Kier alpha value is -3.51. The molecule has 0 unspecified atom stereocenters. The molecule has 0 saturated carbocycles. The molecule has 1 N–H and O–H groups in total. The van der Waals surface area contributed by atoms with Gasteiger partial charge in [0, 0.05) is 5.02 Å². The van der Waals surface area contributed by atoms with Crippen molar-refractivity contribution in [2.45, 2.75) is 20.5 Å². The Morgan fingerprint density at radius 1 is 0.969 bits per heavy atom. The summed E-state index contributed by atoms with van der Waals surface area (Å²) < 4.78 is 16.8. The average Bonchev–Trinajstić information content (AvgIpc) is 2.80. The normalized spacial score (nSPS) is 10.8. The van der Waals surface area contributed by atoms with Crippen LogP contribution in [0.4, 0.5) is 0 Å². The fraction of sp³-hybridized carbons (Fsp3) is 0.200. The van der Waals surface area contributed by atoms with Crippen molar-refractivity contribution in [2.24, 2.45) is 5.10 Å². The molecule has 7 heteroatoms. The van der Waals surface area contributed by atoms with Crippen LogP contribution < -0.4 is 19.6 Å². The number of hydrogen-bond acceptors (Lipinski definition) is 5. The molecule has 0 radical (unpaired) electrons. The standard InChI is InChI=1S/C25H25ClN2O4/c1-17-4-10-22(12-18(17)2)31-16-25(29)28-27-14-20-7-11-23(24(13-20)30-3)32-15-19-5-8-21(26)9-6-19/h4-14H,15-16H2,1-3H3,(H,28,29)/b27-14+. The van der Waals surface area contributed by atoms with E-state index < -0.39 is 0 Å². The van der Waals surface area contributed by atoms with Gasteiger partial charge in [-0.1, -0.05) is 29.8 Å². The summed E-state index contributed by atoms with van der Waals surface area (Å²) in [4.78, 5) is 12.0. The van der Waals surface area contributed by atoms with Crippen molar-refractivity contribution in [3.63, 3.8) is 0 Å². The maximum Gasteiger partial charge on any atom is 0.277 e. The maximum absolute atomic E-state index is 12.0. The molecule has 6 nitrogen and oxygen atoms in total. The molecule has 166 valence electrons. The van der Waals surface area contributed by atoms with Crippen LogP contribution in [0, 0.1) is 13.8 Å². The van der Waals surface area contributed by atoms with Crippen molar-refractivity contribution >= 4 is 23.7 Å². The number of hydrazone groups is 1. The van der Waals surface area contributed by atoms with E-state index in [-0.39, 0.29) is 12.5 Å². The lowest BCUT2D eigenvalue weighted by atomic mass is 10.1. The van der Waals surface area contributed by atoms with Crippen molar-refractivity contribution in [3.05, 3.63) is 87.9 Å². The van der Waals surface area contributed by atoms with Gasteiger partial charge in [0.25, 0.3) is 5.91 Å². The predicted octanol–water partition coefficient (Wildman–Crippen LogP) is 5.07. The fourth-order valence-corrected chi connectivity index (χ4v) is 2.92. The molecule has 3 aromatic rings. The van der Waals surface area contributed by atoms with E-state index in [0.29, 0.717) is 28.9 Å². The van der Waals surface area contributed by atoms with Crippen LogP contribution >= 0.6 is 11.6 Å². The summed E-state index contributed by atoms with van der Waals surface area (Å²) in [6.45, 7) is 4.28. The topological polar surface area (TPSA) is 69.2 Å². The molecule has 0 aliphatic rings. The van der Waals surface area contributed by atoms with E-state index >= 15 is 0 Å². The van der Waals surface area contributed by atoms with Crippen LogP contribution in [0.3, 0.4) is 0 Å². The Kier molecular flexibility index (Phi) is 8.11. The molecule has 0 aliphatic carbocycles. The Labute approximate surface area is 192 Å². The Morgan fingerprint density at radius 2 is 1.75 bits per heavy atom. The highest BCUT2D eigenvalue weighted by molar-refractivity contribution is 6.30. The molecular weight excluding hydrogens is 428 g/mol. The van der Waals surface area contributed by atoms with E-state index in [1.165, 1.54) is 11.8 Å². The molecular formula is C25H25ClN2O4. The smallest absolute Gasteiger partial charge is 0.277 e. The highest BCUT2D eigenvalue weighted by Gasteiger charge is 2.07. The first-order valence-electron chi connectivity index (χ1n) is 10.0. The zero-order chi connectivity index (χ0) is 22.9. The summed E-state index contributed by atoms with van der Waals surface area (Å²) in [5.74, 6) is 1.46. The minimum Gasteiger partial charge on any atom is -0.493 e. The van der Waals surface area contributed by atoms with Crippen molar-refractivity contribution in [1.29, 1.82) is 0 Å². The van der Waals surface area contributed by atoms with Gasteiger partial charge in [0.05, 0.1) is 13.3 Å². The molecule has 1 amide bonds. The molecule has 0 aromatic heterocycles. The van der Waals surface area contributed by atoms with Crippen LogP contribution in [0.15, 0.2) is 65.8 Å². The molecule has 0 bridgehead atoms. The highest BCUT2D eigenvalue weighted by Crippen LogP contribution is 2.28. The van der Waals surface area contributed by atoms with Crippen LogP contribution in [0.1, 0.15) is 22.3 Å². The van der Waals surface area contributed by atoms with Crippen LogP contribution in [0.2, 0.25) is 5.02 Å². The third-order valence-corrected chi connectivity index (χ3v) is 5.00. The maximum atomic E-state index is 12.0. The Balaban J connectivity index is 1.51. The Morgan fingerprint density at radius 3 is 2.47 bits per heavy atom. The minimum absolute atomic E-state index is 0.124. The molecule has 0 spiro atoms. The second-order valence-electron chi connectivity index (χ2n) is 7.15. The monoisotopic (exact) mass is 452 g/mol. The summed E-state index contributed by atoms with van der Waals surface area (Å²) >= 11 is 5.91. The van der Waals surface area contributed by atoms with Crippen LogP contribution in [0.5, 0.6) is 17.2 Å². The minimum atomic E-state index is -0.352. The summed E-state index contributed by atoms with van der Waals surface area (Å²) in [5.41, 5.74) is 6.47. The number of carbonyl (C=O) groups excluding carboxylic acids is 1. The number of rotatable bonds is 9. The number of aryl methyl sites for hydroxylation is 2. The van der Waals surface area contributed by atoms with Gasteiger partial charge in [0.2, 0.25) is 0 Å². The molecule has 0 saturated heterocycles. The summed E-state index contributed by atoms with van der Waals surface area (Å²) in [5, 5.41) is 4.66. The van der Waals surface area contributed by atoms with E-state index in [1.54, 1.807) is 19.2 Å². The molecule has 0 fully saturated rings. The number of halogens is 1. The van der Waals surface area contributed by atoms with Crippen molar-refractivity contribution in [3.8, 4) is 17.2 Å². The van der Waals surface area contributed by atoms with Gasteiger partial charge >= 0.3 is 0 Å². The number of ether oxygens (including phenoxy) is 3. The lowest BCUT2D eigenvalue weighted by Gasteiger charge is -2.11. The second-order valence-corrected chi connectivity index (χ2v) is 7.59. The van der Waals surface area contributed by atoms with Gasteiger partial charge < -0.3 is 14.2 Å². The van der Waals surface area contributed by atoms with Gasteiger partial charge in [-0.15, -0.1) is 0 Å². The SMILES string of the molecule is COc1cc(/C=N/NC(=O)COc2ccc(C)c(C)c2)ccc1OCc1ccc(Cl)cc1. The van der Waals surface area contributed by atoms with E-state index in [9.17, 15) is 4.79 Å². The van der Waals surface area contributed by atoms with Crippen LogP contribution in [0.25, 0.3) is 0 Å². The first kappa shape index (κ1) is 23.2. The molecule has 32 heavy (non-hydrogen) atoms. The second kappa shape index (κ2) is 11.2. The van der Waals surface area contributed by atoms with Gasteiger partial charge in [-0.2, -0.15) is 5.10 Å². The average molecular weight is 453 g/mol. The van der Waals surface area contributed by atoms with Crippen LogP contribution in [-0.2, 0) is 11.4 Å². The number of nitrogens with one attached hydrogen (secondary N) is 1. The lowest BCUT2D eigenvalue weighted by molar-refractivity contribution is -0.123. The van der Waals surface area contributed by atoms with E-state index in [0.717, 1.165) is 16.7 Å². The molecule has 3 rings (SSSR count). The first-order chi connectivity index (χ1) is 15.4. The lowest BCUT2D eigenvalue weighted by Crippen LogP contribution is -2.24. The number of nitrogens with zero attached hydrogens (tertiary/aromatic N) is 1. The number of benzene rings is 3. The zero-order valence-electron chi connectivity index (χ0n) is 18.2. The Bertz CT molecular complexity index is 1100. The molecule has 0 heterocycles. The number of carbonyl (C=O) groups is 1. The third-order valence-electron chi connectivity index (χ3n) is 4.75. The van der Waals surface area contributed by atoms with Gasteiger partial charge in [-0.25, -0.2) is 5.43 Å². The summed E-state index contributed by atoms with van der Waals surface area (Å²) in [6.07, 6.45) is 1.53. The molecule has 0 aliphatic heterocycles. The van der Waals surface area contributed by atoms with Gasteiger partial charge in [-0.3, -0.25) is 4.79 Å². The van der Waals surface area contributed by atoms with E-state index in [2.05, 4.69) is 10.5 Å². The van der Waals surface area contributed by atoms with Crippen molar-refractivity contribution in [1.82, 2.24) is 5.43 Å². The largest absolute Gasteiger partial charge is 0.493 e. The highest BCUT2D eigenvalue weighted by atomic mass is 35.5. The van der Waals surface area contributed by atoms with Gasteiger partial charge in [-0.05, 0) is 78.6 Å². The number of hydrogen-bond donors (Lipinski definition) is 1. The van der Waals surface area contributed by atoms with Gasteiger partial charge in [0.1, 0.15) is 12.4 Å². The van der Waals surface area contributed by atoms with E-state index in [1.807, 2.05) is 62.4 Å². The van der Waals surface area contributed by atoms with Crippen molar-refractivity contribution in [2.75, 3.05) is 13.7 Å². The number of methoxy groups -OCH3 is 1. The molecule has 3 aromatic carbocycles. The first-order valence-corrected chi connectivity index (χ1v) is 10.4. The zero-order valence-corrected chi connectivity index (χ0v) is 19.0. The summed E-state index contributed by atoms with van der Waals surface area (Å²) in [7, 11) is 1.57. The number of amides is 1. The van der Waals surface area contributed by atoms with Gasteiger partial charge in [0.15, 0.2) is 18.1 Å². The predicted molar refractivity (Wildman–Crippen MR) is 126 cm³/mol. The molecule has 0 atom stereocenters.